The van der Waals surface area contributed by atoms with Crippen LogP contribution in [0, 0.1) is 12.3 Å². The van der Waals surface area contributed by atoms with E-state index in [1.165, 1.54) is 36.2 Å². The molecule has 3 rings (SSSR count). The average Bonchev–Trinajstić information content (AvgIpc) is 2.50. The summed E-state index contributed by atoms with van der Waals surface area (Å²) in [4.78, 5) is 0. The fourth-order valence-electron chi connectivity index (χ4n) is 4.01. The lowest BCUT2D eigenvalue weighted by atomic mass is 9.74. The maximum atomic E-state index is 10.4. The van der Waals surface area contributed by atoms with Crippen LogP contribution in [-0.4, -0.2) is 9.67 Å². The maximum Gasteiger partial charge on any atom is 0.0812 e. The first-order chi connectivity index (χ1) is 8.32. The van der Waals surface area contributed by atoms with Gasteiger partial charge in [-0.3, -0.25) is 0 Å². The van der Waals surface area contributed by atoms with Gasteiger partial charge < -0.3 is 9.67 Å². The molecule has 0 aromatic carbocycles. The first-order valence-electron chi connectivity index (χ1n) is 7.22. The van der Waals surface area contributed by atoms with Crippen molar-refractivity contribution in [3.8, 4) is 0 Å². The number of aliphatic hydroxyl groups excluding tert-OH is 1. The SMILES string of the molecule is Cc1cc2c(n1C1(C)CCC1)CC(C)(C)CC2O. The predicted molar refractivity (Wildman–Crippen MR) is 73.7 cm³/mol. The van der Waals surface area contributed by atoms with E-state index in [0.29, 0.717) is 5.54 Å². The van der Waals surface area contributed by atoms with Crippen LogP contribution in [0.2, 0.25) is 0 Å². The first-order valence-corrected chi connectivity index (χ1v) is 7.22. The molecule has 0 aliphatic heterocycles. The lowest BCUT2D eigenvalue weighted by Crippen LogP contribution is -2.40. The van der Waals surface area contributed by atoms with Crippen molar-refractivity contribution in [1.29, 1.82) is 0 Å². The highest BCUT2D eigenvalue weighted by Crippen LogP contribution is 2.47. The number of aliphatic hydroxyl groups is 1. The van der Waals surface area contributed by atoms with Crippen LogP contribution < -0.4 is 0 Å². The van der Waals surface area contributed by atoms with Crippen molar-refractivity contribution in [2.45, 2.75) is 71.4 Å². The number of rotatable bonds is 1. The zero-order chi connectivity index (χ0) is 13.1. The van der Waals surface area contributed by atoms with Gasteiger partial charge in [0.05, 0.1) is 6.10 Å². The molecule has 0 bridgehead atoms. The fraction of sp³-hybridized carbons (Fsp3) is 0.750. The Balaban J connectivity index is 2.12. The Kier molecular flexibility index (Phi) is 2.48. The van der Waals surface area contributed by atoms with Gasteiger partial charge in [-0.2, -0.15) is 0 Å². The molecular weight excluding hydrogens is 222 g/mol. The van der Waals surface area contributed by atoms with E-state index in [1.807, 2.05) is 0 Å². The van der Waals surface area contributed by atoms with Crippen molar-refractivity contribution >= 4 is 0 Å². The standard InChI is InChI=1S/C16H25NO/c1-11-8-12-13(9-15(2,3)10-14(12)18)17(11)16(4)6-5-7-16/h8,14,18H,5-7,9-10H2,1-4H3. The van der Waals surface area contributed by atoms with Gasteiger partial charge in [-0.25, -0.2) is 0 Å². The zero-order valence-corrected chi connectivity index (χ0v) is 12.1. The van der Waals surface area contributed by atoms with Crippen molar-refractivity contribution in [2.75, 3.05) is 0 Å². The molecule has 0 radical (unpaired) electrons. The quantitative estimate of drug-likeness (QED) is 0.804. The summed E-state index contributed by atoms with van der Waals surface area (Å²) in [6.45, 7) is 9.11. The van der Waals surface area contributed by atoms with Crippen molar-refractivity contribution in [2.24, 2.45) is 5.41 Å². The topological polar surface area (TPSA) is 25.2 Å². The van der Waals surface area contributed by atoms with Crippen LogP contribution in [0.15, 0.2) is 6.07 Å². The van der Waals surface area contributed by atoms with Crippen LogP contribution in [0.25, 0.3) is 0 Å². The van der Waals surface area contributed by atoms with Crippen LogP contribution in [0.1, 0.15) is 69.5 Å². The molecule has 0 saturated heterocycles. The van der Waals surface area contributed by atoms with Gasteiger partial charge in [0.15, 0.2) is 0 Å². The molecule has 1 fully saturated rings. The van der Waals surface area contributed by atoms with E-state index in [9.17, 15) is 5.11 Å². The molecule has 1 atom stereocenters. The summed E-state index contributed by atoms with van der Waals surface area (Å²) in [7, 11) is 0. The Bertz CT molecular complexity index is 480. The van der Waals surface area contributed by atoms with Gasteiger partial charge in [0.25, 0.3) is 0 Å². The van der Waals surface area contributed by atoms with E-state index in [0.717, 1.165) is 12.8 Å². The Hall–Kier alpha value is -0.760. The molecule has 100 valence electrons. The summed E-state index contributed by atoms with van der Waals surface area (Å²) < 4.78 is 2.54. The molecule has 18 heavy (non-hydrogen) atoms. The summed E-state index contributed by atoms with van der Waals surface area (Å²) in [5.74, 6) is 0. The molecule has 2 heteroatoms. The molecule has 1 unspecified atom stereocenters. The number of fused-ring (bicyclic) bond motifs is 1. The highest BCUT2D eigenvalue weighted by Gasteiger charge is 2.41. The van der Waals surface area contributed by atoms with Crippen molar-refractivity contribution in [1.82, 2.24) is 4.57 Å². The monoisotopic (exact) mass is 247 g/mol. The van der Waals surface area contributed by atoms with Crippen molar-refractivity contribution in [3.05, 3.63) is 23.0 Å². The zero-order valence-electron chi connectivity index (χ0n) is 12.1. The first kappa shape index (κ1) is 12.3. The number of aryl methyl sites for hydroxylation is 1. The van der Waals surface area contributed by atoms with Gasteiger partial charge in [0, 0.05) is 22.5 Å². The Labute approximate surface area is 110 Å². The van der Waals surface area contributed by atoms with Gasteiger partial charge in [0.1, 0.15) is 0 Å². The van der Waals surface area contributed by atoms with E-state index in [2.05, 4.69) is 38.3 Å². The Morgan fingerprint density at radius 2 is 1.94 bits per heavy atom. The largest absolute Gasteiger partial charge is 0.388 e. The lowest BCUT2D eigenvalue weighted by molar-refractivity contribution is 0.0909. The second-order valence-corrected chi connectivity index (χ2v) is 7.43. The average molecular weight is 247 g/mol. The van der Waals surface area contributed by atoms with Gasteiger partial charge in [-0.15, -0.1) is 0 Å². The molecule has 2 aliphatic carbocycles. The van der Waals surface area contributed by atoms with Gasteiger partial charge >= 0.3 is 0 Å². The van der Waals surface area contributed by atoms with E-state index in [4.69, 9.17) is 0 Å². The minimum atomic E-state index is -0.271. The molecule has 1 aromatic rings. The van der Waals surface area contributed by atoms with Gasteiger partial charge in [0.2, 0.25) is 0 Å². The third-order valence-electron chi connectivity index (χ3n) is 5.04. The smallest absolute Gasteiger partial charge is 0.0812 e. The maximum absolute atomic E-state index is 10.4. The van der Waals surface area contributed by atoms with Gasteiger partial charge in [-0.05, 0) is 57.4 Å². The number of aromatic nitrogens is 1. The van der Waals surface area contributed by atoms with E-state index in [-0.39, 0.29) is 11.5 Å². The third-order valence-corrected chi connectivity index (χ3v) is 5.04. The third kappa shape index (κ3) is 1.65. The molecule has 1 aromatic heterocycles. The fourth-order valence-corrected chi connectivity index (χ4v) is 4.01. The molecule has 0 amide bonds. The Morgan fingerprint density at radius 1 is 1.28 bits per heavy atom. The van der Waals surface area contributed by atoms with E-state index >= 15 is 0 Å². The minimum absolute atomic E-state index is 0.217. The summed E-state index contributed by atoms with van der Waals surface area (Å²) in [6, 6.07) is 2.22. The molecule has 1 N–H and O–H groups in total. The van der Waals surface area contributed by atoms with Crippen LogP contribution in [0.5, 0.6) is 0 Å². The summed E-state index contributed by atoms with van der Waals surface area (Å²) in [5, 5.41) is 10.4. The molecule has 2 aliphatic rings. The second-order valence-electron chi connectivity index (χ2n) is 7.43. The minimum Gasteiger partial charge on any atom is -0.388 e. The highest BCUT2D eigenvalue weighted by atomic mass is 16.3. The normalized spacial score (nSPS) is 28.6. The van der Waals surface area contributed by atoms with E-state index in [1.54, 1.807) is 0 Å². The predicted octanol–water partition coefficient (Wildman–Crippen LogP) is 3.70. The summed E-state index contributed by atoms with van der Waals surface area (Å²) >= 11 is 0. The van der Waals surface area contributed by atoms with Gasteiger partial charge in [-0.1, -0.05) is 13.8 Å². The van der Waals surface area contributed by atoms with Crippen molar-refractivity contribution in [3.63, 3.8) is 0 Å². The van der Waals surface area contributed by atoms with Crippen LogP contribution in [0.3, 0.4) is 0 Å². The molecule has 0 spiro atoms. The molecular formula is C16H25NO. The number of hydrogen-bond acceptors (Lipinski definition) is 1. The summed E-state index contributed by atoms with van der Waals surface area (Å²) in [6.07, 6.45) is 5.63. The van der Waals surface area contributed by atoms with Crippen molar-refractivity contribution < 1.29 is 5.11 Å². The highest BCUT2D eigenvalue weighted by molar-refractivity contribution is 5.35. The van der Waals surface area contributed by atoms with Crippen LogP contribution in [-0.2, 0) is 12.0 Å². The van der Waals surface area contributed by atoms with E-state index < -0.39 is 0 Å². The number of nitrogens with zero attached hydrogens (tertiary/aromatic N) is 1. The molecule has 2 nitrogen and oxygen atoms in total. The lowest BCUT2D eigenvalue weighted by Gasteiger charge is -2.44. The van der Waals surface area contributed by atoms with Crippen LogP contribution >= 0.6 is 0 Å². The second kappa shape index (κ2) is 3.63. The summed E-state index contributed by atoms with van der Waals surface area (Å²) in [5.41, 5.74) is 4.46. The molecule has 1 heterocycles. The Morgan fingerprint density at radius 3 is 2.50 bits per heavy atom. The number of hydrogen-bond donors (Lipinski definition) is 1. The molecule has 1 saturated carbocycles. The van der Waals surface area contributed by atoms with Crippen LogP contribution in [0.4, 0.5) is 0 Å².